The highest BCUT2D eigenvalue weighted by Crippen LogP contribution is 2.25. The molecule has 3 rings (SSSR count). The number of hydrogen-bond acceptors (Lipinski definition) is 2. The van der Waals surface area contributed by atoms with E-state index in [1.54, 1.807) is 0 Å². The lowest BCUT2D eigenvalue weighted by atomic mass is 10.1. The predicted octanol–water partition coefficient (Wildman–Crippen LogP) is 2.94. The number of nitrogens with one attached hydrogen (secondary N) is 1. The van der Waals surface area contributed by atoms with Gasteiger partial charge >= 0.3 is 0 Å². The molecule has 2 heterocycles. The molecule has 0 unspecified atom stereocenters. The summed E-state index contributed by atoms with van der Waals surface area (Å²) < 4.78 is 2.06. The second-order valence-corrected chi connectivity index (χ2v) is 4.26. The number of carbonyl (C=O) groups is 1. The molecule has 0 aliphatic rings. The van der Waals surface area contributed by atoms with E-state index in [0.717, 1.165) is 22.1 Å². The third kappa shape index (κ3) is 1.91. The molecule has 1 amide bonds. The zero-order chi connectivity index (χ0) is 13.2. The van der Waals surface area contributed by atoms with E-state index in [-0.39, 0.29) is 12.3 Å². The summed E-state index contributed by atoms with van der Waals surface area (Å²) in [6.07, 6.45) is 1.85. The first-order chi connectivity index (χ1) is 9.29. The Balaban J connectivity index is 2.15. The van der Waals surface area contributed by atoms with Gasteiger partial charge in [0.1, 0.15) is 6.42 Å². The molecule has 0 radical (unpaired) electrons. The van der Waals surface area contributed by atoms with Crippen LogP contribution >= 0.6 is 0 Å². The Bertz CT molecular complexity index is 811. The summed E-state index contributed by atoms with van der Waals surface area (Å²) in [6, 6.07) is 15.6. The van der Waals surface area contributed by atoms with Crippen molar-refractivity contribution in [1.29, 1.82) is 5.26 Å². The minimum absolute atomic E-state index is 0.137. The number of nitriles is 1. The van der Waals surface area contributed by atoms with Crippen LogP contribution in [0.5, 0.6) is 0 Å². The van der Waals surface area contributed by atoms with Gasteiger partial charge in [-0.2, -0.15) is 5.26 Å². The van der Waals surface area contributed by atoms with Crippen molar-refractivity contribution in [3.8, 4) is 6.07 Å². The van der Waals surface area contributed by atoms with E-state index in [9.17, 15) is 4.79 Å². The van der Waals surface area contributed by atoms with Gasteiger partial charge in [0.2, 0.25) is 5.91 Å². The number of nitrogens with zero attached hydrogens (tertiary/aromatic N) is 2. The number of carbonyl (C=O) groups excluding carboxylic acids is 1. The van der Waals surface area contributed by atoms with Crippen molar-refractivity contribution in [3.05, 3.63) is 48.7 Å². The van der Waals surface area contributed by atoms with E-state index in [2.05, 4.69) is 9.72 Å². The normalized spacial score (nSPS) is 10.5. The smallest absolute Gasteiger partial charge is 0.238 e. The standard InChI is InChI=1S/C15H11N3O/c16-9-8-15(19)17-13-4-1-5-14-12(13)7-6-11-3-2-10-18(11)14/h1-7,10H,8H2,(H,17,19). The molecule has 0 aliphatic heterocycles. The lowest BCUT2D eigenvalue weighted by molar-refractivity contribution is -0.115. The maximum absolute atomic E-state index is 11.5. The Hall–Kier alpha value is -2.80. The summed E-state index contributed by atoms with van der Waals surface area (Å²) in [5.41, 5.74) is 2.86. The van der Waals surface area contributed by atoms with Crippen LogP contribution < -0.4 is 5.32 Å². The summed E-state index contributed by atoms with van der Waals surface area (Å²) in [4.78, 5) is 11.5. The predicted molar refractivity (Wildman–Crippen MR) is 73.8 cm³/mol. The molecule has 0 saturated heterocycles. The first kappa shape index (κ1) is 11.3. The largest absolute Gasteiger partial charge is 0.325 e. The average molecular weight is 249 g/mol. The number of fused-ring (bicyclic) bond motifs is 3. The van der Waals surface area contributed by atoms with E-state index >= 15 is 0 Å². The van der Waals surface area contributed by atoms with Crippen LogP contribution in [0, 0.1) is 11.3 Å². The van der Waals surface area contributed by atoms with Gasteiger partial charge in [-0.1, -0.05) is 6.07 Å². The fourth-order valence-corrected chi connectivity index (χ4v) is 2.23. The average Bonchev–Trinajstić information content (AvgIpc) is 2.88. The number of rotatable bonds is 2. The molecule has 0 bridgehead atoms. The maximum atomic E-state index is 11.5. The fraction of sp³-hybridized carbons (Fsp3) is 0.0667. The van der Waals surface area contributed by atoms with Gasteiger partial charge in [0.25, 0.3) is 0 Å². The Morgan fingerprint density at radius 1 is 1.21 bits per heavy atom. The molecular weight excluding hydrogens is 238 g/mol. The van der Waals surface area contributed by atoms with Crippen LogP contribution in [-0.4, -0.2) is 10.3 Å². The first-order valence-electron chi connectivity index (χ1n) is 5.95. The Kier molecular flexibility index (Phi) is 2.66. The number of benzene rings is 1. The fourth-order valence-electron chi connectivity index (χ4n) is 2.23. The van der Waals surface area contributed by atoms with Gasteiger partial charge in [0.15, 0.2) is 0 Å². The second kappa shape index (κ2) is 4.46. The van der Waals surface area contributed by atoms with Crippen molar-refractivity contribution in [2.24, 2.45) is 0 Å². The lowest BCUT2D eigenvalue weighted by Gasteiger charge is -2.09. The maximum Gasteiger partial charge on any atom is 0.238 e. The Labute approximate surface area is 109 Å². The van der Waals surface area contributed by atoms with Crippen molar-refractivity contribution in [3.63, 3.8) is 0 Å². The first-order valence-corrected chi connectivity index (χ1v) is 5.95. The molecule has 4 heteroatoms. The summed E-state index contributed by atoms with van der Waals surface area (Å²) in [5.74, 6) is -0.289. The van der Waals surface area contributed by atoms with Crippen LogP contribution in [0.25, 0.3) is 16.4 Å². The minimum Gasteiger partial charge on any atom is -0.325 e. The van der Waals surface area contributed by atoms with Gasteiger partial charge < -0.3 is 9.72 Å². The van der Waals surface area contributed by atoms with E-state index < -0.39 is 0 Å². The van der Waals surface area contributed by atoms with Crippen LogP contribution in [0.1, 0.15) is 6.42 Å². The molecule has 92 valence electrons. The highest BCUT2D eigenvalue weighted by Gasteiger charge is 2.07. The zero-order valence-electron chi connectivity index (χ0n) is 10.1. The molecule has 0 atom stereocenters. The van der Waals surface area contributed by atoms with Crippen LogP contribution in [0.3, 0.4) is 0 Å². The monoisotopic (exact) mass is 249 g/mol. The Morgan fingerprint density at radius 2 is 2.11 bits per heavy atom. The van der Waals surface area contributed by atoms with Gasteiger partial charge in [0, 0.05) is 17.1 Å². The molecule has 0 fully saturated rings. The van der Waals surface area contributed by atoms with Gasteiger partial charge in [-0.3, -0.25) is 4.79 Å². The minimum atomic E-state index is -0.289. The second-order valence-electron chi connectivity index (χ2n) is 4.26. The summed E-state index contributed by atoms with van der Waals surface area (Å²) >= 11 is 0. The van der Waals surface area contributed by atoms with E-state index in [0.29, 0.717) is 0 Å². The summed E-state index contributed by atoms with van der Waals surface area (Å²) in [7, 11) is 0. The van der Waals surface area contributed by atoms with Crippen LogP contribution in [-0.2, 0) is 4.79 Å². The number of anilines is 1. The van der Waals surface area contributed by atoms with Crippen molar-refractivity contribution >= 4 is 28.0 Å². The van der Waals surface area contributed by atoms with Crippen LogP contribution in [0.15, 0.2) is 48.7 Å². The van der Waals surface area contributed by atoms with Crippen molar-refractivity contribution in [2.75, 3.05) is 5.32 Å². The number of hydrogen-bond donors (Lipinski definition) is 1. The number of pyridine rings is 1. The summed E-state index contributed by atoms with van der Waals surface area (Å²) in [6.45, 7) is 0. The molecule has 1 N–H and O–H groups in total. The molecular formula is C15H11N3O. The molecule has 0 saturated carbocycles. The quantitative estimate of drug-likeness (QED) is 0.759. The molecule has 2 aromatic heterocycles. The molecule has 0 spiro atoms. The summed E-state index contributed by atoms with van der Waals surface area (Å²) in [5, 5.41) is 12.3. The van der Waals surface area contributed by atoms with E-state index in [1.165, 1.54) is 0 Å². The molecule has 1 aromatic carbocycles. The van der Waals surface area contributed by atoms with Crippen LogP contribution in [0.2, 0.25) is 0 Å². The van der Waals surface area contributed by atoms with Crippen LogP contribution in [0.4, 0.5) is 5.69 Å². The SMILES string of the molecule is N#CCC(=O)Nc1cccc2c1ccc1cccn12. The Morgan fingerprint density at radius 3 is 2.95 bits per heavy atom. The van der Waals surface area contributed by atoms with Gasteiger partial charge in [-0.25, -0.2) is 0 Å². The molecule has 3 aromatic rings. The van der Waals surface area contributed by atoms with Crippen molar-refractivity contribution < 1.29 is 4.79 Å². The third-order valence-corrected chi connectivity index (χ3v) is 3.06. The van der Waals surface area contributed by atoms with E-state index in [4.69, 9.17) is 5.26 Å². The van der Waals surface area contributed by atoms with Crippen molar-refractivity contribution in [1.82, 2.24) is 4.40 Å². The highest BCUT2D eigenvalue weighted by atomic mass is 16.1. The molecule has 19 heavy (non-hydrogen) atoms. The van der Waals surface area contributed by atoms with Gasteiger partial charge in [0.05, 0.1) is 17.3 Å². The third-order valence-electron chi connectivity index (χ3n) is 3.06. The molecule has 4 nitrogen and oxygen atoms in total. The van der Waals surface area contributed by atoms with Gasteiger partial charge in [-0.15, -0.1) is 0 Å². The van der Waals surface area contributed by atoms with Gasteiger partial charge in [-0.05, 0) is 36.4 Å². The number of aromatic nitrogens is 1. The lowest BCUT2D eigenvalue weighted by Crippen LogP contribution is -2.10. The highest BCUT2D eigenvalue weighted by molar-refractivity contribution is 6.02. The van der Waals surface area contributed by atoms with Crippen molar-refractivity contribution in [2.45, 2.75) is 6.42 Å². The van der Waals surface area contributed by atoms with E-state index in [1.807, 2.05) is 54.7 Å². The number of amides is 1. The molecule has 0 aliphatic carbocycles. The topological polar surface area (TPSA) is 57.3 Å². The zero-order valence-corrected chi connectivity index (χ0v) is 10.1.